The molecule has 0 spiro atoms. The fourth-order valence-corrected chi connectivity index (χ4v) is 5.90. The summed E-state index contributed by atoms with van der Waals surface area (Å²) >= 11 is 0. The number of para-hydroxylation sites is 2. The van der Waals surface area contributed by atoms with Gasteiger partial charge in [-0.1, -0.05) is 38.1 Å². The average molecular weight is 598 g/mol. The van der Waals surface area contributed by atoms with E-state index in [1.165, 1.54) is 43.4 Å². The Hall–Kier alpha value is -4.25. The van der Waals surface area contributed by atoms with Crippen molar-refractivity contribution >= 4 is 27.5 Å². The minimum Gasteiger partial charge on any atom is -0.497 e. The van der Waals surface area contributed by atoms with Crippen molar-refractivity contribution in [2.45, 2.75) is 44.2 Å². The number of nitrogens with one attached hydrogen (secondary N) is 1. The maximum atomic E-state index is 14.2. The third-order valence-corrected chi connectivity index (χ3v) is 8.48. The zero-order chi connectivity index (χ0) is 30.7. The van der Waals surface area contributed by atoms with Crippen LogP contribution in [0.2, 0.25) is 0 Å². The molecular formula is C31H39N3O7S. The van der Waals surface area contributed by atoms with E-state index in [9.17, 15) is 18.0 Å². The molecule has 0 heterocycles. The summed E-state index contributed by atoms with van der Waals surface area (Å²) in [6, 6.07) is 18.8. The van der Waals surface area contributed by atoms with Gasteiger partial charge in [-0.25, -0.2) is 8.42 Å². The molecule has 0 aliphatic rings. The second-order valence-corrected chi connectivity index (χ2v) is 11.3. The molecule has 3 rings (SSSR count). The Labute approximate surface area is 248 Å². The number of sulfonamides is 1. The van der Waals surface area contributed by atoms with Gasteiger partial charge in [0, 0.05) is 13.1 Å². The van der Waals surface area contributed by atoms with Gasteiger partial charge in [-0.05, 0) is 66.9 Å². The third-order valence-electron chi connectivity index (χ3n) is 6.70. The maximum Gasteiger partial charge on any atom is 0.264 e. The maximum absolute atomic E-state index is 14.2. The lowest BCUT2D eigenvalue weighted by Gasteiger charge is -2.33. The SMILES string of the molecule is CCCNC(=O)[C@H](CC)N(Cc1cccc(OC)c1)C(=O)CN(c1ccccc1OC)S(=O)(=O)c1ccc(OC)cc1. The van der Waals surface area contributed by atoms with Gasteiger partial charge in [0.15, 0.2) is 0 Å². The van der Waals surface area contributed by atoms with Crippen LogP contribution in [0.25, 0.3) is 0 Å². The molecule has 0 fully saturated rings. The van der Waals surface area contributed by atoms with E-state index in [-0.39, 0.29) is 28.8 Å². The van der Waals surface area contributed by atoms with E-state index in [4.69, 9.17) is 14.2 Å². The molecule has 11 heteroatoms. The molecule has 0 saturated heterocycles. The van der Waals surface area contributed by atoms with Crippen molar-refractivity contribution in [2.75, 3.05) is 38.7 Å². The predicted molar refractivity (Wildman–Crippen MR) is 161 cm³/mol. The lowest BCUT2D eigenvalue weighted by atomic mass is 10.1. The molecule has 226 valence electrons. The van der Waals surface area contributed by atoms with E-state index >= 15 is 0 Å². The number of carbonyl (C=O) groups is 2. The van der Waals surface area contributed by atoms with Crippen molar-refractivity contribution in [3.8, 4) is 17.2 Å². The summed E-state index contributed by atoms with van der Waals surface area (Å²) in [7, 11) is 0.202. The highest BCUT2D eigenvalue weighted by Gasteiger charge is 2.34. The number of carbonyl (C=O) groups excluding carboxylic acids is 2. The van der Waals surface area contributed by atoms with Crippen LogP contribution in [0.3, 0.4) is 0 Å². The highest BCUT2D eigenvalue weighted by atomic mass is 32.2. The first-order valence-corrected chi connectivity index (χ1v) is 15.1. The number of rotatable bonds is 15. The highest BCUT2D eigenvalue weighted by Crippen LogP contribution is 2.33. The number of hydrogen-bond donors (Lipinski definition) is 1. The van der Waals surface area contributed by atoms with E-state index < -0.39 is 28.5 Å². The quantitative estimate of drug-likeness (QED) is 0.279. The lowest BCUT2D eigenvalue weighted by molar-refractivity contribution is -0.140. The van der Waals surface area contributed by atoms with Crippen molar-refractivity contribution in [2.24, 2.45) is 0 Å². The summed E-state index contributed by atoms with van der Waals surface area (Å²) in [5.74, 6) is 0.495. The Bertz CT molecular complexity index is 1440. The molecule has 2 amide bonds. The molecular weight excluding hydrogens is 558 g/mol. The van der Waals surface area contributed by atoms with Gasteiger partial charge in [-0.3, -0.25) is 13.9 Å². The molecule has 1 N–H and O–H groups in total. The molecule has 0 radical (unpaired) electrons. The molecule has 1 atom stereocenters. The number of methoxy groups -OCH3 is 3. The minimum atomic E-state index is -4.26. The first-order valence-electron chi connectivity index (χ1n) is 13.7. The summed E-state index contributed by atoms with van der Waals surface area (Å²) < 4.78 is 45.2. The molecule has 3 aromatic rings. The van der Waals surface area contributed by atoms with Gasteiger partial charge in [-0.2, -0.15) is 0 Å². The topological polar surface area (TPSA) is 114 Å². The van der Waals surface area contributed by atoms with Crippen LogP contribution < -0.4 is 23.8 Å². The normalized spacial score (nSPS) is 11.7. The van der Waals surface area contributed by atoms with Crippen molar-refractivity contribution in [3.05, 3.63) is 78.4 Å². The molecule has 0 bridgehead atoms. The van der Waals surface area contributed by atoms with E-state index in [0.717, 1.165) is 16.3 Å². The number of anilines is 1. The first kappa shape index (κ1) is 32.3. The standard InChI is InChI=1S/C31H39N3O7S/c1-6-19-32-31(36)27(7-2)33(21-23-11-10-12-25(20-23)40-4)30(35)22-34(28-13-8-9-14-29(28)41-5)42(37,38)26-17-15-24(39-3)16-18-26/h8-18,20,27H,6-7,19,21-22H2,1-5H3,(H,32,36)/t27-/m0/s1. The molecule has 3 aromatic carbocycles. The monoisotopic (exact) mass is 597 g/mol. The second-order valence-electron chi connectivity index (χ2n) is 9.45. The van der Waals surface area contributed by atoms with Crippen molar-refractivity contribution in [1.82, 2.24) is 10.2 Å². The zero-order valence-electron chi connectivity index (χ0n) is 24.7. The van der Waals surface area contributed by atoms with Crippen LogP contribution in [0.1, 0.15) is 32.3 Å². The Morgan fingerprint density at radius 1 is 0.857 bits per heavy atom. The zero-order valence-corrected chi connectivity index (χ0v) is 25.5. The number of hydrogen-bond acceptors (Lipinski definition) is 7. The molecule has 42 heavy (non-hydrogen) atoms. The fraction of sp³-hybridized carbons (Fsp3) is 0.355. The molecule has 10 nitrogen and oxygen atoms in total. The third kappa shape index (κ3) is 7.73. The Morgan fingerprint density at radius 3 is 2.17 bits per heavy atom. The Morgan fingerprint density at radius 2 is 1.55 bits per heavy atom. The smallest absolute Gasteiger partial charge is 0.264 e. The second kappa shape index (κ2) is 15.1. The number of benzene rings is 3. The van der Waals surface area contributed by atoms with Crippen molar-refractivity contribution < 1.29 is 32.2 Å². The summed E-state index contributed by atoms with van der Waals surface area (Å²) in [6.45, 7) is 3.70. The molecule has 0 aromatic heterocycles. The van der Waals surface area contributed by atoms with E-state index in [2.05, 4.69) is 5.32 Å². The summed E-state index contributed by atoms with van der Waals surface area (Å²) in [5.41, 5.74) is 0.917. The van der Waals surface area contributed by atoms with Gasteiger partial charge < -0.3 is 24.4 Å². The molecule has 0 aliphatic carbocycles. The van der Waals surface area contributed by atoms with Crippen LogP contribution in [-0.2, 0) is 26.2 Å². The number of ether oxygens (including phenoxy) is 3. The van der Waals surface area contributed by atoms with Crippen LogP contribution in [0.4, 0.5) is 5.69 Å². The Balaban J connectivity index is 2.10. The molecule has 0 saturated carbocycles. The van der Waals surface area contributed by atoms with Gasteiger partial charge in [-0.15, -0.1) is 0 Å². The van der Waals surface area contributed by atoms with Gasteiger partial charge in [0.05, 0.1) is 31.9 Å². The fourth-order valence-electron chi connectivity index (χ4n) is 4.48. The Kier molecular flexibility index (Phi) is 11.6. The summed E-state index contributed by atoms with van der Waals surface area (Å²) in [5, 5.41) is 2.88. The van der Waals surface area contributed by atoms with Gasteiger partial charge in [0.2, 0.25) is 11.8 Å². The van der Waals surface area contributed by atoms with Gasteiger partial charge >= 0.3 is 0 Å². The first-order chi connectivity index (χ1) is 20.2. The predicted octanol–water partition coefficient (Wildman–Crippen LogP) is 4.24. The lowest BCUT2D eigenvalue weighted by Crippen LogP contribution is -2.52. The number of amides is 2. The molecule has 0 unspecified atom stereocenters. The minimum absolute atomic E-state index is 0.0333. The van der Waals surface area contributed by atoms with E-state index in [1.807, 2.05) is 19.9 Å². The van der Waals surface area contributed by atoms with Gasteiger partial charge in [0.25, 0.3) is 10.0 Å². The van der Waals surface area contributed by atoms with Crippen LogP contribution in [0.5, 0.6) is 17.2 Å². The molecule has 0 aliphatic heterocycles. The summed E-state index contributed by atoms with van der Waals surface area (Å²) in [6.07, 6.45) is 1.05. The van der Waals surface area contributed by atoms with Crippen LogP contribution in [-0.4, -0.2) is 65.6 Å². The van der Waals surface area contributed by atoms with Crippen molar-refractivity contribution in [1.29, 1.82) is 0 Å². The average Bonchev–Trinajstić information content (AvgIpc) is 3.02. The van der Waals surface area contributed by atoms with E-state index in [0.29, 0.717) is 24.5 Å². The van der Waals surface area contributed by atoms with Gasteiger partial charge in [0.1, 0.15) is 29.8 Å². The summed E-state index contributed by atoms with van der Waals surface area (Å²) in [4.78, 5) is 28.8. The van der Waals surface area contributed by atoms with Crippen LogP contribution in [0, 0.1) is 0 Å². The van der Waals surface area contributed by atoms with Crippen molar-refractivity contribution in [3.63, 3.8) is 0 Å². The van der Waals surface area contributed by atoms with E-state index in [1.54, 1.807) is 49.6 Å². The van der Waals surface area contributed by atoms with Crippen LogP contribution >= 0.6 is 0 Å². The number of nitrogens with zero attached hydrogens (tertiary/aromatic N) is 2. The largest absolute Gasteiger partial charge is 0.497 e. The highest BCUT2D eigenvalue weighted by molar-refractivity contribution is 7.92. The van der Waals surface area contributed by atoms with Crippen LogP contribution in [0.15, 0.2) is 77.7 Å².